The van der Waals surface area contributed by atoms with E-state index in [0.29, 0.717) is 11.0 Å². The Labute approximate surface area is 224 Å². The minimum absolute atomic E-state index is 0.0309. The van der Waals surface area contributed by atoms with Gasteiger partial charge in [-0.25, -0.2) is 14.4 Å². The van der Waals surface area contributed by atoms with Gasteiger partial charge in [-0.05, 0) is 49.4 Å². The lowest BCUT2D eigenvalue weighted by atomic mass is 9.81. The molecule has 9 nitrogen and oxygen atoms in total. The number of pyridine rings is 1. The molecule has 1 aliphatic heterocycles. The molecule has 0 spiro atoms. The summed E-state index contributed by atoms with van der Waals surface area (Å²) in [5.41, 5.74) is -0.163. The monoisotopic (exact) mass is 555 g/mol. The number of nitrogens with zero attached hydrogens (tertiary/aromatic N) is 3. The lowest BCUT2D eigenvalue weighted by molar-refractivity contribution is -0.265. The van der Waals surface area contributed by atoms with Crippen LogP contribution in [-0.4, -0.2) is 51.2 Å². The maximum absolute atomic E-state index is 14.5. The number of ether oxygens (including phenoxy) is 1. The van der Waals surface area contributed by atoms with Crippen LogP contribution in [0.15, 0.2) is 60.8 Å². The van der Waals surface area contributed by atoms with Crippen LogP contribution >= 0.6 is 0 Å². The number of alkyl halides is 3. The molecule has 40 heavy (non-hydrogen) atoms. The van der Waals surface area contributed by atoms with Gasteiger partial charge in [0.15, 0.2) is 0 Å². The van der Waals surface area contributed by atoms with Crippen molar-refractivity contribution in [3.8, 4) is 17.0 Å². The first kappa shape index (κ1) is 26.9. The topological polar surface area (TPSA) is 140 Å². The molecule has 3 heterocycles. The number of aliphatic hydroxyl groups is 1. The van der Waals surface area contributed by atoms with Gasteiger partial charge in [0, 0.05) is 11.1 Å². The summed E-state index contributed by atoms with van der Waals surface area (Å²) in [6.07, 6.45) is -4.25. The quantitative estimate of drug-likeness (QED) is 0.311. The average Bonchev–Trinajstić information content (AvgIpc) is 3.28. The van der Waals surface area contributed by atoms with Gasteiger partial charge in [-0.3, -0.25) is 14.6 Å². The molecule has 5 rings (SSSR count). The minimum atomic E-state index is -5.35. The van der Waals surface area contributed by atoms with Gasteiger partial charge >= 0.3 is 6.18 Å². The fourth-order valence-electron chi connectivity index (χ4n) is 4.30. The van der Waals surface area contributed by atoms with Crippen molar-refractivity contribution in [2.45, 2.75) is 24.1 Å². The van der Waals surface area contributed by atoms with E-state index < -0.39 is 47.1 Å². The predicted octanol–water partition coefficient (Wildman–Crippen LogP) is 3.15. The van der Waals surface area contributed by atoms with E-state index in [1.54, 1.807) is 24.3 Å². The highest BCUT2D eigenvalue weighted by atomic mass is 19.4. The summed E-state index contributed by atoms with van der Waals surface area (Å²) in [6.45, 7) is -0.266. The second kappa shape index (κ2) is 9.52. The van der Waals surface area contributed by atoms with Crippen LogP contribution in [0.4, 0.5) is 17.6 Å². The van der Waals surface area contributed by atoms with Gasteiger partial charge < -0.3 is 20.9 Å². The van der Waals surface area contributed by atoms with E-state index in [1.165, 1.54) is 19.1 Å². The summed E-state index contributed by atoms with van der Waals surface area (Å²) in [5.74, 6) is -2.54. The van der Waals surface area contributed by atoms with Crippen LogP contribution in [-0.2, 0) is 15.8 Å². The van der Waals surface area contributed by atoms with E-state index in [4.69, 9.17) is 10.5 Å². The number of hydrogen-bond acceptors (Lipinski definition) is 7. The molecule has 1 aliphatic rings. The Bertz CT molecular complexity index is 1650. The summed E-state index contributed by atoms with van der Waals surface area (Å²) < 4.78 is 62.7. The molecule has 1 unspecified atom stereocenters. The minimum Gasteiger partial charge on any atom is -0.489 e. The van der Waals surface area contributed by atoms with Crippen LogP contribution in [0.3, 0.4) is 0 Å². The number of nitrogens with two attached hydrogens (primary N) is 1. The maximum atomic E-state index is 14.5. The van der Waals surface area contributed by atoms with Gasteiger partial charge in [0.05, 0.1) is 29.5 Å². The largest absolute Gasteiger partial charge is 0.489 e. The number of fused-ring (bicyclic) bond motifs is 2. The lowest BCUT2D eigenvalue weighted by Gasteiger charge is -2.31. The number of aromatic nitrogens is 3. The first-order valence-electron chi connectivity index (χ1n) is 11.9. The van der Waals surface area contributed by atoms with Crippen molar-refractivity contribution < 1.29 is 37.0 Å². The highest BCUT2D eigenvalue weighted by Gasteiger charge is 2.57. The van der Waals surface area contributed by atoms with Crippen LogP contribution in [0.25, 0.3) is 22.3 Å². The SMILES string of the molecule is C[C@]1(C(N)=O)COc2c1cc(C(O)(CNC(=O)c1cnc3ccccc3n1)C(F)(F)F)nc2-c1ccc(F)cc1. The Morgan fingerprint density at radius 2 is 1.77 bits per heavy atom. The molecular formula is C27H21F4N5O4. The van der Waals surface area contributed by atoms with Gasteiger partial charge in [-0.1, -0.05) is 12.1 Å². The summed E-state index contributed by atoms with van der Waals surface area (Å²) in [7, 11) is 0. The number of carbonyl (C=O) groups is 2. The number of para-hydroxylation sites is 2. The molecule has 2 amide bonds. The second-order valence-electron chi connectivity index (χ2n) is 9.51. The number of carbonyl (C=O) groups excluding carboxylic acids is 2. The molecule has 0 aliphatic carbocycles. The number of rotatable bonds is 6. The first-order valence-corrected chi connectivity index (χ1v) is 11.9. The molecule has 2 aromatic heterocycles. The molecule has 0 saturated carbocycles. The molecule has 13 heteroatoms. The van der Waals surface area contributed by atoms with Crippen molar-refractivity contribution >= 4 is 22.8 Å². The molecule has 2 atom stereocenters. The van der Waals surface area contributed by atoms with Crippen LogP contribution in [0.5, 0.6) is 5.75 Å². The summed E-state index contributed by atoms with van der Waals surface area (Å²) in [6, 6.07) is 12.1. The van der Waals surface area contributed by atoms with Crippen LogP contribution in [0.2, 0.25) is 0 Å². The predicted molar refractivity (Wildman–Crippen MR) is 133 cm³/mol. The number of nitrogens with one attached hydrogen (secondary N) is 1. The summed E-state index contributed by atoms with van der Waals surface area (Å²) in [5, 5.41) is 13.2. The van der Waals surface area contributed by atoms with Crippen LogP contribution < -0.4 is 15.8 Å². The normalized spacial score (nSPS) is 18.1. The van der Waals surface area contributed by atoms with Crippen LogP contribution in [0.1, 0.15) is 28.7 Å². The number of halogens is 4. The molecule has 0 radical (unpaired) electrons. The van der Waals surface area contributed by atoms with E-state index in [0.717, 1.165) is 24.4 Å². The molecule has 0 saturated heterocycles. The Hall–Kier alpha value is -4.65. The summed E-state index contributed by atoms with van der Waals surface area (Å²) >= 11 is 0. The summed E-state index contributed by atoms with van der Waals surface area (Å²) in [4.78, 5) is 37.3. The lowest BCUT2D eigenvalue weighted by Crippen LogP contribution is -2.52. The van der Waals surface area contributed by atoms with Crippen molar-refractivity contribution in [2.24, 2.45) is 5.73 Å². The number of primary amides is 1. The highest BCUT2D eigenvalue weighted by Crippen LogP contribution is 2.47. The molecule has 0 fully saturated rings. The fourth-order valence-corrected chi connectivity index (χ4v) is 4.30. The van der Waals surface area contributed by atoms with Crippen molar-refractivity contribution in [3.63, 3.8) is 0 Å². The molecule has 4 N–H and O–H groups in total. The van der Waals surface area contributed by atoms with Gasteiger partial charge in [0.1, 0.15) is 35.0 Å². The van der Waals surface area contributed by atoms with Gasteiger partial charge in [0.2, 0.25) is 11.5 Å². The van der Waals surface area contributed by atoms with Crippen molar-refractivity contribution in [1.82, 2.24) is 20.3 Å². The van der Waals surface area contributed by atoms with Gasteiger partial charge in [-0.15, -0.1) is 0 Å². The standard InChI is InChI=1S/C27H21F4N5O4/c1-25(24(32)38)13-40-22-16(25)10-20(36-21(22)14-6-8-15(28)9-7-14)26(39,27(29,30)31)12-34-23(37)19-11-33-17-4-2-3-5-18(17)35-19/h2-11,39H,12-13H2,1H3,(H2,32,38)(H,34,37)/t25-,26?/m0/s1. The zero-order chi connectivity index (χ0) is 28.9. The van der Waals surface area contributed by atoms with E-state index >= 15 is 0 Å². The third-order valence-electron chi connectivity index (χ3n) is 6.81. The maximum Gasteiger partial charge on any atom is 0.424 e. The van der Waals surface area contributed by atoms with E-state index in [-0.39, 0.29) is 34.9 Å². The van der Waals surface area contributed by atoms with Crippen molar-refractivity contribution in [1.29, 1.82) is 0 Å². The second-order valence-corrected chi connectivity index (χ2v) is 9.51. The van der Waals surface area contributed by atoms with Crippen molar-refractivity contribution in [3.05, 3.63) is 83.6 Å². The molecule has 4 aromatic rings. The molecule has 2 aromatic carbocycles. The third kappa shape index (κ3) is 4.47. The molecule has 0 bridgehead atoms. The molecule has 206 valence electrons. The number of benzene rings is 2. The number of hydrogen-bond donors (Lipinski definition) is 3. The first-order chi connectivity index (χ1) is 18.8. The van der Waals surface area contributed by atoms with E-state index in [2.05, 4.69) is 20.3 Å². The molecular weight excluding hydrogens is 534 g/mol. The van der Waals surface area contributed by atoms with Crippen LogP contribution in [0, 0.1) is 5.82 Å². The van der Waals surface area contributed by atoms with Crippen molar-refractivity contribution in [2.75, 3.05) is 13.2 Å². The highest BCUT2D eigenvalue weighted by molar-refractivity contribution is 5.94. The van der Waals surface area contributed by atoms with Gasteiger partial charge in [-0.2, -0.15) is 13.2 Å². The zero-order valence-corrected chi connectivity index (χ0v) is 20.8. The zero-order valence-electron chi connectivity index (χ0n) is 20.8. The van der Waals surface area contributed by atoms with E-state index in [9.17, 15) is 32.3 Å². The Morgan fingerprint density at radius 3 is 2.42 bits per heavy atom. The third-order valence-corrected chi connectivity index (χ3v) is 6.81. The van der Waals surface area contributed by atoms with Gasteiger partial charge in [0.25, 0.3) is 5.91 Å². The average molecular weight is 555 g/mol. The van der Waals surface area contributed by atoms with E-state index in [1.807, 2.05) is 0 Å². The smallest absolute Gasteiger partial charge is 0.424 e. The number of amides is 2. The fraction of sp³-hybridized carbons (Fsp3) is 0.222. The Balaban J connectivity index is 1.58. The Kier molecular flexibility index (Phi) is 6.41. The Morgan fingerprint density at radius 1 is 1.10 bits per heavy atom.